The van der Waals surface area contributed by atoms with E-state index in [9.17, 15) is 4.79 Å². The van der Waals surface area contributed by atoms with Crippen molar-refractivity contribution in [3.63, 3.8) is 0 Å². The molecule has 1 aromatic carbocycles. The number of halogens is 1. The molecular weight excluding hydrogens is 280 g/mol. The fraction of sp³-hybridized carbons (Fsp3) is 0.231. The van der Waals surface area contributed by atoms with Crippen LogP contribution < -0.4 is 5.43 Å². The fourth-order valence-corrected chi connectivity index (χ4v) is 1.42. The molecule has 0 radical (unpaired) electrons. The number of hydrogen-bond acceptors (Lipinski definition) is 6. The fourth-order valence-electron chi connectivity index (χ4n) is 1.22. The zero-order valence-corrected chi connectivity index (χ0v) is 11.6. The van der Waals surface area contributed by atoms with E-state index in [1.54, 1.807) is 32.1 Å². The minimum absolute atomic E-state index is 0.177. The average Bonchev–Trinajstić information content (AvgIpc) is 2.40. The van der Waals surface area contributed by atoms with Gasteiger partial charge in [0.2, 0.25) is 5.71 Å². The van der Waals surface area contributed by atoms with E-state index in [-0.39, 0.29) is 22.4 Å². The number of benzene rings is 1. The van der Waals surface area contributed by atoms with Crippen molar-refractivity contribution in [1.29, 1.82) is 10.5 Å². The van der Waals surface area contributed by atoms with Gasteiger partial charge in [-0.05, 0) is 32.0 Å². The van der Waals surface area contributed by atoms with E-state index >= 15 is 0 Å². The van der Waals surface area contributed by atoms with Crippen LogP contribution >= 0.6 is 11.6 Å². The number of hydrogen-bond donors (Lipinski definition) is 1. The number of nitriles is 2. The van der Waals surface area contributed by atoms with E-state index in [1.165, 1.54) is 12.1 Å². The van der Waals surface area contributed by atoms with E-state index in [2.05, 4.69) is 10.5 Å². The van der Waals surface area contributed by atoms with Crippen molar-refractivity contribution < 1.29 is 9.53 Å². The first-order chi connectivity index (χ1) is 9.47. The van der Waals surface area contributed by atoms with Crippen LogP contribution in [0.25, 0.3) is 0 Å². The molecule has 20 heavy (non-hydrogen) atoms. The second-order valence-electron chi connectivity index (χ2n) is 3.94. The summed E-state index contributed by atoms with van der Waals surface area (Å²) >= 11 is 5.92. The summed E-state index contributed by atoms with van der Waals surface area (Å²) in [6, 6.07) is 7.70. The Hall–Kier alpha value is -2.57. The summed E-state index contributed by atoms with van der Waals surface area (Å²) in [7, 11) is 0. The van der Waals surface area contributed by atoms with Crippen LogP contribution in [0.2, 0.25) is 5.02 Å². The molecule has 1 N–H and O–H groups in total. The Labute approximate surface area is 121 Å². The summed E-state index contributed by atoms with van der Waals surface area (Å²) in [5.41, 5.74) is 2.76. The largest absolute Gasteiger partial charge is 0.459 e. The Morgan fingerprint density at radius 2 is 2.05 bits per heavy atom. The molecule has 1 aromatic rings. The van der Waals surface area contributed by atoms with Gasteiger partial charge in [0.1, 0.15) is 12.1 Å². The molecule has 0 aliphatic heterocycles. The molecule has 0 amide bonds. The lowest BCUT2D eigenvalue weighted by Gasteiger charge is -2.10. The topological polar surface area (TPSA) is 98.3 Å². The Balaban J connectivity index is 2.98. The summed E-state index contributed by atoms with van der Waals surface area (Å²) in [5, 5.41) is 20.9. The van der Waals surface area contributed by atoms with Gasteiger partial charge < -0.3 is 4.74 Å². The third kappa shape index (κ3) is 4.27. The van der Waals surface area contributed by atoms with E-state index in [4.69, 9.17) is 26.9 Å². The molecule has 0 bridgehead atoms. The standard InChI is InChI=1S/C13H11ClN4O2/c1-8(2)20-13(19)11-5-9(3-4-12(11)14)17-18-10(6-15)7-16/h3-5,8,17H,1-2H3. The van der Waals surface area contributed by atoms with Gasteiger partial charge in [0, 0.05) is 0 Å². The van der Waals surface area contributed by atoms with Crippen molar-refractivity contribution in [3.8, 4) is 12.1 Å². The van der Waals surface area contributed by atoms with Crippen molar-refractivity contribution in [3.05, 3.63) is 28.8 Å². The van der Waals surface area contributed by atoms with E-state index in [1.807, 2.05) is 0 Å². The predicted octanol–water partition coefficient (Wildman–Crippen LogP) is 2.72. The minimum Gasteiger partial charge on any atom is -0.459 e. The Kier molecular flexibility index (Phi) is 5.52. The molecule has 1 rings (SSSR count). The average molecular weight is 291 g/mol. The number of carbonyl (C=O) groups excluding carboxylic acids is 1. The van der Waals surface area contributed by atoms with Crippen LogP contribution in [-0.4, -0.2) is 17.8 Å². The number of ether oxygens (including phenoxy) is 1. The molecule has 0 aliphatic rings. The summed E-state index contributed by atoms with van der Waals surface area (Å²) < 4.78 is 5.05. The molecule has 0 aromatic heterocycles. The van der Waals surface area contributed by atoms with Crippen molar-refractivity contribution >= 4 is 29.0 Å². The molecule has 7 heteroatoms. The number of nitrogens with one attached hydrogen (secondary N) is 1. The molecule has 6 nitrogen and oxygen atoms in total. The number of carbonyl (C=O) groups is 1. The Bertz CT molecular complexity index is 610. The summed E-state index contributed by atoms with van der Waals surface area (Å²) in [6.45, 7) is 3.45. The third-order valence-corrected chi connectivity index (χ3v) is 2.37. The highest BCUT2D eigenvalue weighted by atomic mass is 35.5. The molecule has 0 saturated heterocycles. The zero-order valence-electron chi connectivity index (χ0n) is 10.8. The van der Waals surface area contributed by atoms with Gasteiger partial charge in [0.05, 0.1) is 22.4 Å². The van der Waals surface area contributed by atoms with Crippen LogP contribution in [0.3, 0.4) is 0 Å². The first-order valence-electron chi connectivity index (χ1n) is 5.62. The van der Waals surface area contributed by atoms with Gasteiger partial charge in [-0.15, -0.1) is 0 Å². The van der Waals surface area contributed by atoms with E-state index in [0.717, 1.165) is 0 Å². The van der Waals surface area contributed by atoms with E-state index in [0.29, 0.717) is 5.69 Å². The molecular formula is C13H11ClN4O2. The highest BCUT2D eigenvalue weighted by molar-refractivity contribution is 6.33. The third-order valence-electron chi connectivity index (χ3n) is 2.04. The number of nitrogens with zero attached hydrogens (tertiary/aromatic N) is 3. The van der Waals surface area contributed by atoms with Gasteiger partial charge in [-0.2, -0.15) is 15.6 Å². The Morgan fingerprint density at radius 3 is 2.60 bits per heavy atom. The van der Waals surface area contributed by atoms with Crippen LogP contribution in [0.5, 0.6) is 0 Å². The van der Waals surface area contributed by atoms with Gasteiger partial charge in [-0.3, -0.25) is 5.43 Å². The highest BCUT2D eigenvalue weighted by Gasteiger charge is 2.14. The Morgan fingerprint density at radius 1 is 1.40 bits per heavy atom. The lowest BCUT2D eigenvalue weighted by Crippen LogP contribution is -2.12. The second kappa shape index (κ2) is 7.13. The quantitative estimate of drug-likeness (QED) is 0.522. The van der Waals surface area contributed by atoms with Crippen molar-refractivity contribution in [2.45, 2.75) is 20.0 Å². The molecule has 0 fully saturated rings. The molecule has 0 heterocycles. The van der Waals surface area contributed by atoms with Crippen molar-refractivity contribution in [2.75, 3.05) is 5.43 Å². The smallest absolute Gasteiger partial charge is 0.339 e. The molecule has 0 atom stereocenters. The SMILES string of the molecule is CC(C)OC(=O)c1cc(NN=C(C#N)C#N)ccc1Cl. The normalized spacial score (nSPS) is 9.30. The maximum Gasteiger partial charge on any atom is 0.339 e. The number of rotatable bonds is 4. The number of esters is 1. The summed E-state index contributed by atoms with van der Waals surface area (Å²) in [6.07, 6.45) is -0.267. The van der Waals surface area contributed by atoms with Gasteiger partial charge in [0.25, 0.3) is 0 Å². The maximum absolute atomic E-state index is 11.8. The van der Waals surface area contributed by atoms with Crippen LogP contribution in [0.15, 0.2) is 23.3 Å². The molecule has 0 aliphatic carbocycles. The van der Waals surface area contributed by atoms with Gasteiger partial charge in [-0.25, -0.2) is 4.79 Å². The van der Waals surface area contributed by atoms with Crippen molar-refractivity contribution in [2.24, 2.45) is 5.10 Å². The van der Waals surface area contributed by atoms with Gasteiger partial charge in [-0.1, -0.05) is 11.6 Å². The molecule has 0 saturated carbocycles. The van der Waals surface area contributed by atoms with Gasteiger partial charge >= 0.3 is 5.97 Å². The number of anilines is 1. The maximum atomic E-state index is 11.8. The van der Waals surface area contributed by atoms with Crippen LogP contribution in [0.4, 0.5) is 5.69 Å². The summed E-state index contributed by atoms with van der Waals surface area (Å²) in [4.78, 5) is 11.8. The lowest BCUT2D eigenvalue weighted by molar-refractivity contribution is 0.0378. The zero-order chi connectivity index (χ0) is 15.1. The van der Waals surface area contributed by atoms with Crippen LogP contribution in [0, 0.1) is 22.7 Å². The first kappa shape index (κ1) is 15.5. The van der Waals surface area contributed by atoms with Crippen LogP contribution in [0.1, 0.15) is 24.2 Å². The second-order valence-corrected chi connectivity index (χ2v) is 4.35. The first-order valence-corrected chi connectivity index (χ1v) is 6.00. The predicted molar refractivity (Wildman–Crippen MR) is 74.3 cm³/mol. The summed E-state index contributed by atoms with van der Waals surface area (Å²) in [5.74, 6) is -0.557. The lowest BCUT2D eigenvalue weighted by atomic mass is 10.2. The monoisotopic (exact) mass is 290 g/mol. The molecule has 0 unspecified atom stereocenters. The molecule has 0 spiro atoms. The van der Waals surface area contributed by atoms with Crippen molar-refractivity contribution in [1.82, 2.24) is 0 Å². The van der Waals surface area contributed by atoms with E-state index < -0.39 is 5.97 Å². The number of hydrazone groups is 1. The highest BCUT2D eigenvalue weighted by Crippen LogP contribution is 2.22. The van der Waals surface area contributed by atoms with Crippen LogP contribution in [-0.2, 0) is 4.74 Å². The minimum atomic E-state index is -0.557. The van der Waals surface area contributed by atoms with Gasteiger partial charge in [0.15, 0.2) is 0 Å². The molecule has 102 valence electrons.